The van der Waals surface area contributed by atoms with Gasteiger partial charge >= 0.3 is 0 Å². The number of nitrogens with zero attached hydrogens (tertiary/aromatic N) is 1. The second kappa shape index (κ2) is 6.18. The third kappa shape index (κ3) is 3.70. The van der Waals surface area contributed by atoms with Crippen molar-refractivity contribution in [3.05, 3.63) is 0 Å². The van der Waals surface area contributed by atoms with Gasteiger partial charge in [-0.1, -0.05) is 6.42 Å². The average Bonchev–Trinajstić information content (AvgIpc) is 2.73. The number of likely N-dealkylation sites (tertiary alicyclic amines) is 1. The Kier molecular flexibility index (Phi) is 4.58. The Hall–Kier alpha value is -1.10. The van der Waals surface area contributed by atoms with Gasteiger partial charge in [-0.25, -0.2) is 0 Å². The van der Waals surface area contributed by atoms with Gasteiger partial charge in [0.15, 0.2) is 0 Å². The van der Waals surface area contributed by atoms with Gasteiger partial charge in [-0.05, 0) is 31.6 Å². The summed E-state index contributed by atoms with van der Waals surface area (Å²) in [5.74, 6) is 0.385. The SMILES string of the molecule is O=C(CN1CCCC1=O)NCC1CCCC(O)C1. The molecule has 2 aliphatic rings. The molecule has 1 aliphatic heterocycles. The van der Waals surface area contributed by atoms with Crippen LogP contribution in [0.2, 0.25) is 0 Å². The number of carbonyl (C=O) groups is 2. The molecule has 1 saturated heterocycles. The highest BCUT2D eigenvalue weighted by atomic mass is 16.3. The van der Waals surface area contributed by atoms with E-state index < -0.39 is 0 Å². The molecule has 2 fully saturated rings. The molecule has 2 amide bonds. The van der Waals surface area contributed by atoms with Gasteiger partial charge in [-0.2, -0.15) is 0 Å². The Bertz CT molecular complexity index is 319. The van der Waals surface area contributed by atoms with E-state index in [0.717, 1.165) is 32.1 Å². The van der Waals surface area contributed by atoms with Crippen molar-refractivity contribution >= 4 is 11.8 Å². The van der Waals surface area contributed by atoms with Crippen LogP contribution < -0.4 is 5.32 Å². The van der Waals surface area contributed by atoms with Crippen LogP contribution >= 0.6 is 0 Å². The van der Waals surface area contributed by atoms with E-state index >= 15 is 0 Å². The number of amides is 2. The van der Waals surface area contributed by atoms with Gasteiger partial charge in [-0.15, -0.1) is 0 Å². The Morgan fingerprint density at radius 3 is 2.89 bits per heavy atom. The van der Waals surface area contributed by atoms with E-state index in [1.807, 2.05) is 0 Å². The molecule has 0 spiro atoms. The predicted molar refractivity (Wildman–Crippen MR) is 66.8 cm³/mol. The van der Waals surface area contributed by atoms with E-state index in [2.05, 4.69) is 5.32 Å². The van der Waals surface area contributed by atoms with Gasteiger partial charge < -0.3 is 15.3 Å². The van der Waals surface area contributed by atoms with Crippen LogP contribution in [0, 0.1) is 5.92 Å². The van der Waals surface area contributed by atoms with Gasteiger partial charge in [0.05, 0.1) is 12.6 Å². The minimum absolute atomic E-state index is 0.0784. The van der Waals surface area contributed by atoms with Gasteiger partial charge in [0, 0.05) is 19.5 Å². The van der Waals surface area contributed by atoms with Crippen LogP contribution in [-0.4, -0.2) is 47.6 Å². The molecule has 2 atom stereocenters. The van der Waals surface area contributed by atoms with Crippen molar-refractivity contribution in [2.24, 2.45) is 5.92 Å². The molecular weight excluding hydrogens is 232 g/mol. The van der Waals surface area contributed by atoms with Gasteiger partial charge in [0.1, 0.15) is 0 Å². The highest BCUT2D eigenvalue weighted by Gasteiger charge is 2.24. The lowest BCUT2D eigenvalue weighted by Crippen LogP contribution is -2.40. The first-order valence-electron chi connectivity index (χ1n) is 6.87. The Labute approximate surface area is 108 Å². The minimum atomic E-state index is -0.208. The largest absolute Gasteiger partial charge is 0.393 e. The standard InChI is InChI=1S/C13H22N2O3/c16-11-4-1-3-10(7-11)8-14-12(17)9-15-6-2-5-13(15)18/h10-11,16H,1-9H2,(H,14,17). The van der Waals surface area contributed by atoms with E-state index in [4.69, 9.17) is 0 Å². The second-order valence-corrected chi connectivity index (χ2v) is 5.41. The van der Waals surface area contributed by atoms with Crippen molar-refractivity contribution in [1.29, 1.82) is 0 Å². The Morgan fingerprint density at radius 2 is 2.22 bits per heavy atom. The predicted octanol–water partition coefficient (Wildman–Crippen LogP) is 0.276. The monoisotopic (exact) mass is 254 g/mol. The summed E-state index contributed by atoms with van der Waals surface area (Å²) in [6.07, 6.45) is 4.99. The third-order valence-corrected chi connectivity index (χ3v) is 3.85. The summed E-state index contributed by atoms with van der Waals surface area (Å²) in [4.78, 5) is 24.7. The normalized spacial score (nSPS) is 28.5. The molecule has 5 nitrogen and oxygen atoms in total. The zero-order valence-electron chi connectivity index (χ0n) is 10.7. The summed E-state index contributed by atoms with van der Waals surface area (Å²) in [5, 5.41) is 12.4. The molecule has 18 heavy (non-hydrogen) atoms. The molecule has 0 bridgehead atoms. The smallest absolute Gasteiger partial charge is 0.239 e. The van der Waals surface area contributed by atoms with Crippen LogP contribution in [0.5, 0.6) is 0 Å². The first-order valence-corrected chi connectivity index (χ1v) is 6.87. The van der Waals surface area contributed by atoms with Gasteiger partial charge in [0.2, 0.25) is 11.8 Å². The number of hydrogen-bond donors (Lipinski definition) is 2. The van der Waals surface area contributed by atoms with Crippen LogP contribution in [0.15, 0.2) is 0 Å². The fourth-order valence-corrected chi connectivity index (χ4v) is 2.81. The van der Waals surface area contributed by atoms with Gasteiger partial charge in [-0.3, -0.25) is 9.59 Å². The fraction of sp³-hybridized carbons (Fsp3) is 0.846. The van der Waals surface area contributed by atoms with Crippen molar-refractivity contribution in [3.8, 4) is 0 Å². The van der Waals surface area contributed by atoms with Crippen molar-refractivity contribution in [3.63, 3.8) is 0 Å². The lowest BCUT2D eigenvalue weighted by Gasteiger charge is -2.26. The molecule has 0 aromatic rings. The van der Waals surface area contributed by atoms with Crippen molar-refractivity contribution in [1.82, 2.24) is 10.2 Å². The second-order valence-electron chi connectivity index (χ2n) is 5.41. The van der Waals surface area contributed by atoms with Crippen molar-refractivity contribution in [2.45, 2.75) is 44.6 Å². The summed E-state index contributed by atoms with van der Waals surface area (Å²) >= 11 is 0. The molecule has 1 aliphatic carbocycles. The van der Waals surface area contributed by atoms with E-state index in [-0.39, 0.29) is 24.5 Å². The summed E-state index contributed by atoms with van der Waals surface area (Å²) in [6.45, 7) is 1.51. The Morgan fingerprint density at radius 1 is 1.39 bits per heavy atom. The molecule has 0 aromatic carbocycles. The maximum atomic E-state index is 11.7. The quantitative estimate of drug-likeness (QED) is 0.757. The number of aliphatic hydroxyl groups excluding tert-OH is 1. The van der Waals surface area contributed by atoms with E-state index in [1.165, 1.54) is 0 Å². The molecule has 2 N–H and O–H groups in total. The molecule has 5 heteroatoms. The number of aliphatic hydroxyl groups is 1. The third-order valence-electron chi connectivity index (χ3n) is 3.85. The highest BCUT2D eigenvalue weighted by molar-refractivity contribution is 5.85. The van der Waals surface area contributed by atoms with Crippen LogP contribution in [0.25, 0.3) is 0 Å². The summed E-state index contributed by atoms with van der Waals surface area (Å²) in [5.41, 5.74) is 0. The zero-order valence-corrected chi connectivity index (χ0v) is 10.7. The van der Waals surface area contributed by atoms with Crippen molar-refractivity contribution in [2.75, 3.05) is 19.6 Å². The molecule has 0 radical (unpaired) electrons. The molecule has 102 valence electrons. The summed E-state index contributed by atoms with van der Waals surface area (Å²) < 4.78 is 0. The lowest BCUT2D eigenvalue weighted by atomic mass is 9.87. The number of hydrogen-bond acceptors (Lipinski definition) is 3. The van der Waals surface area contributed by atoms with Gasteiger partial charge in [0.25, 0.3) is 0 Å². The first kappa shape index (κ1) is 13.3. The van der Waals surface area contributed by atoms with Crippen LogP contribution in [0.3, 0.4) is 0 Å². The molecule has 1 heterocycles. The molecular formula is C13H22N2O3. The number of nitrogens with one attached hydrogen (secondary N) is 1. The topological polar surface area (TPSA) is 69.6 Å². The first-order chi connectivity index (χ1) is 8.65. The van der Waals surface area contributed by atoms with E-state index in [9.17, 15) is 14.7 Å². The maximum Gasteiger partial charge on any atom is 0.239 e. The lowest BCUT2D eigenvalue weighted by molar-refractivity contribution is -0.133. The number of carbonyl (C=O) groups excluding carboxylic acids is 2. The average molecular weight is 254 g/mol. The fourth-order valence-electron chi connectivity index (χ4n) is 2.81. The Balaban J connectivity index is 1.66. The molecule has 1 saturated carbocycles. The van der Waals surface area contributed by atoms with Crippen LogP contribution in [0.1, 0.15) is 38.5 Å². The van der Waals surface area contributed by atoms with E-state index in [0.29, 0.717) is 25.4 Å². The van der Waals surface area contributed by atoms with Crippen LogP contribution in [-0.2, 0) is 9.59 Å². The molecule has 2 rings (SSSR count). The summed E-state index contributed by atoms with van der Waals surface area (Å²) in [6, 6.07) is 0. The van der Waals surface area contributed by atoms with E-state index in [1.54, 1.807) is 4.90 Å². The zero-order chi connectivity index (χ0) is 13.0. The molecule has 2 unspecified atom stereocenters. The molecule has 0 aromatic heterocycles. The highest BCUT2D eigenvalue weighted by Crippen LogP contribution is 2.23. The summed E-state index contributed by atoms with van der Waals surface area (Å²) in [7, 11) is 0. The number of rotatable bonds is 4. The maximum absolute atomic E-state index is 11.7. The van der Waals surface area contributed by atoms with Crippen molar-refractivity contribution < 1.29 is 14.7 Å². The van der Waals surface area contributed by atoms with Crippen LogP contribution in [0.4, 0.5) is 0 Å². The minimum Gasteiger partial charge on any atom is -0.393 e.